The molecule has 1 aliphatic rings. The summed E-state index contributed by atoms with van der Waals surface area (Å²) in [7, 11) is 0. The van der Waals surface area contributed by atoms with E-state index in [9.17, 15) is 0 Å². The molecule has 18 heavy (non-hydrogen) atoms. The van der Waals surface area contributed by atoms with Crippen LogP contribution in [0.2, 0.25) is 0 Å². The highest BCUT2D eigenvalue weighted by Gasteiger charge is 2.34. The third kappa shape index (κ3) is 3.14. The largest absolute Gasteiger partial charge is 0.329 e. The third-order valence-corrected chi connectivity index (χ3v) is 5.33. The summed E-state index contributed by atoms with van der Waals surface area (Å²) in [5.74, 6) is 0.913. The number of nitrogens with two attached hydrogens (primary N) is 1. The summed E-state index contributed by atoms with van der Waals surface area (Å²) in [6.45, 7) is 7.50. The summed E-state index contributed by atoms with van der Waals surface area (Å²) in [4.78, 5) is 4.02. The van der Waals surface area contributed by atoms with Gasteiger partial charge in [0, 0.05) is 23.5 Å². The molecule has 1 saturated carbocycles. The van der Waals surface area contributed by atoms with E-state index in [4.69, 9.17) is 5.73 Å². The molecule has 1 atom stereocenters. The van der Waals surface area contributed by atoms with Crippen molar-refractivity contribution in [1.82, 2.24) is 4.90 Å². The molecule has 1 fully saturated rings. The van der Waals surface area contributed by atoms with E-state index >= 15 is 0 Å². The number of rotatable bonds is 7. The lowest BCUT2D eigenvalue weighted by Gasteiger charge is -2.44. The van der Waals surface area contributed by atoms with Crippen molar-refractivity contribution in [2.24, 2.45) is 11.7 Å². The van der Waals surface area contributed by atoms with Crippen molar-refractivity contribution in [3.8, 4) is 0 Å². The Balaban J connectivity index is 2.01. The fourth-order valence-electron chi connectivity index (χ4n) is 2.94. The van der Waals surface area contributed by atoms with E-state index in [0.29, 0.717) is 0 Å². The second-order valence-corrected chi connectivity index (χ2v) is 6.83. The van der Waals surface area contributed by atoms with Gasteiger partial charge in [-0.2, -0.15) is 0 Å². The molecule has 0 radical (unpaired) electrons. The van der Waals surface area contributed by atoms with Gasteiger partial charge in [-0.3, -0.25) is 4.90 Å². The Morgan fingerprint density at radius 3 is 2.72 bits per heavy atom. The second-order valence-electron chi connectivity index (χ2n) is 5.80. The van der Waals surface area contributed by atoms with Gasteiger partial charge in [0.2, 0.25) is 0 Å². The van der Waals surface area contributed by atoms with Crippen LogP contribution in [0.5, 0.6) is 0 Å². The predicted molar refractivity (Wildman–Crippen MR) is 79.8 cm³/mol. The summed E-state index contributed by atoms with van der Waals surface area (Å²) in [5.41, 5.74) is 6.27. The van der Waals surface area contributed by atoms with Gasteiger partial charge in [0.05, 0.1) is 0 Å². The highest BCUT2D eigenvalue weighted by Crippen LogP contribution is 2.36. The van der Waals surface area contributed by atoms with Crippen LogP contribution in [0.25, 0.3) is 0 Å². The number of hydrogen-bond donors (Lipinski definition) is 1. The maximum atomic E-state index is 6.10. The van der Waals surface area contributed by atoms with Crippen molar-refractivity contribution in [2.75, 3.05) is 13.1 Å². The minimum atomic E-state index is 0.170. The molecule has 1 aliphatic carbocycles. The van der Waals surface area contributed by atoms with Crippen LogP contribution < -0.4 is 5.73 Å². The zero-order valence-corrected chi connectivity index (χ0v) is 12.5. The molecule has 0 spiro atoms. The molecule has 0 aliphatic heterocycles. The summed E-state index contributed by atoms with van der Waals surface area (Å²) in [5, 5.41) is 2.16. The van der Waals surface area contributed by atoms with Gasteiger partial charge in [-0.05, 0) is 37.3 Å². The Morgan fingerprint density at radius 2 is 2.28 bits per heavy atom. The Hall–Kier alpha value is -0.380. The van der Waals surface area contributed by atoms with Gasteiger partial charge in [0.1, 0.15) is 0 Å². The second kappa shape index (κ2) is 6.18. The summed E-state index contributed by atoms with van der Waals surface area (Å²) >= 11 is 1.85. The van der Waals surface area contributed by atoms with Crippen molar-refractivity contribution in [3.63, 3.8) is 0 Å². The quantitative estimate of drug-likeness (QED) is 0.818. The van der Waals surface area contributed by atoms with Crippen LogP contribution in [0.4, 0.5) is 0 Å². The number of likely N-dealkylation sites (N-methyl/N-ethyl adjacent to an activating group) is 1. The molecule has 2 rings (SSSR count). The van der Waals surface area contributed by atoms with Gasteiger partial charge in [-0.25, -0.2) is 0 Å². The molecule has 1 aromatic rings. The van der Waals surface area contributed by atoms with E-state index in [2.05, 4.69) is 36.3 Å². The monoisotopic (exact) mass is 266 g/mol. The molecule has 3 heteroatoms. The van der Waals surface area contributed by atoms with E-state index in [1.54, 1.807) is 0 Å². The Kier molecular flexibility index (Phi) is 4.82. The van der Waals surface area contributed by atoms with Crippen LogP contribution in [0.3, 0.4) is 0 Å². The van der Waals surface area contributed by atoms with Crippen molar-refractivity contribution in [1.29, 1.82) is 0 Å². The Bertz CT molecular complexity index is 345. The van der Waals surface area contributed by atoms with Crippen LogP contribution in [0, 0.1) is 5.92 Å². The molecule has 0 saturated heterocycles. The highest BCUT2D eigenvalue weighted by molar-refractivity contribution is 7.09. The minimum Gasteiger partial charge on any atom is -0.329 e. The lowest BCUT2D eigenvalue weighted by Crippen LogP contribution is -2.52. The zero-order valence-electron chi connectivity index (χ0n) is 11.7. The lowest BCUT2D eigenvalue weighted by atomic mass is 9.76. The Morgan fingerprint density at radius 1 is 1.50 bits per heavy atom. The van der Waals surface area contributed by atoms with Crippen LogP contribution >= 0.6 is 11.3 Å². The average molecular weight is 266 g/mol. The number of hydrogen-bond acceptors (Lipinski definition) is 3. The molecule has 1 unspecified atom stereocenters. The fourth-order valence-corrected chi connectivity index (χ4v) is 3.65. The maximum absolute atomic E-state index is 6.10. The normalized spacial score (nSPS) is 19.8. The summed E-state index contributed by atoms with van der Waals surface area (Å²) in [6.07, 6.45) is 5.50. The van der Waals surface area contributed by atoms with Gasteiger partial charge >= 0.3 is 0 Å². The molecule has 2 nitrogen and oxygen atoms in total. The predicted octanol–water partition coefficient (Wildman–Crippen LogP) is 3.48. The zero-order chi connectivity index (χ0) is 13.0. The first-order chi connectivity index (χ1) is 8.68. The van der Waals surface area contributed by atoms with E-state index in [1.807, 2.05) is 11.3 Å². The van der Waals surface area contributed by atoms with E-state index < -0.39 is 0 Å². The molecule has 102 valence electrons. The SMILES string of the molecule is CCN(Cc1cccs1)C(C)(CN)CC1CCC1. The van der Waals surface area contributed by atoms with Crippen molar-refractivity contribution < 1.29 is 0 Å². The van der Waals surface area contributed by atoms with Crippen LogP contribution in [-0.4, -0.2) is 23.5 Å². The maximum Gasteiger partial charge on any atom is 0.0333 e. The third-order valence-electron chi connectivity index (χ3n) is 4.46. The van der Waals surface area contributed by atoms with Crippen LogP contribution in [0.15, 0.2) is 17.5 Å². The molecule has 0 amide bonds. The molecule has 0 aromatic carbocycles. The first kappa shape index (κ1) is 14.0. The molecular weight excluding hydrogens is 240 g/mol. The standard InChI is InChI=1S/C15H26N2S/c1-3-17(11-14-8-5-9-18-14)15(2,12-16)10-13-6-4-7-13/h5,8-9,13H,3-4,6-7,10-12,16H2,1-2H3. The van der Waals surface area contributed by atoms with Gasteiger partial charge in [-0.15, -0.1) is 11.3 Å². The lowest BCUT2D eigenvalue weighted by molar-refractivity contribution is 0.0666. The molecule has 1 heterocycles. The highest BCUT2D eigenvalue weighted by atomic mass is 32.1. The van der Waals surface area contributed by atoms with Gasteiger partial charge in [0.15, 0.2) is 0 Å². The average Bonchev–Trinajstić information content (AvgIpc) is 2.83. The van der Waals surface area contributed by atoms with Crippen molar-refractivity contribution in [3.05, 3.63) is 22.4 Å². The molecule has 2 N–H and O–H groups in total. The first-order valence-electron chi connectivity index (χ1n) is 7.15. The fraction of sp³-hybridized carbons (Fsp3) is 0.733. The summed E-state index contributed by atoms with van der Waals surface area (Å²) in [6, 6.07) is 4.37. The van der Waals surface area contributed by atoms with Crippen LogP contribution in [0.1, 0.15) is 44.4 Å². The minimum absolute atomic E-state index is 0.170. The molecule has 0 bridgehead atoms. The summed E-state index contributed by atoms with van der Waals surface area (Å²) < 4.78 is 0. The topological polar surface area (TPSA) is 29.3 Å². The van der Waals surface area contributed by atoms with E-state index in [0.717, 1.165) is 25.6 Å². The van der Waals surface area contributed by atoms with E-state index in [-0.39, 0.29) is 5.54 Å². The Labute approximate surface area is 115 Å². The van der Waals surface area contributed by atoms with Gasteiger partial charge in [-0.1, -0.05) is 32.3 Å². The van der Waals surface area contributed by atoms with Gasteiger partial charge < -0.3 is 5.73 Å². The molecular formula is C15H26N2S. The number of thiophene rings is 1. The van der Waals surface area contributed by atoms with Crippen molar-refractivity contribution >= 4 is 11.3 Å². The van der Waals surface area contributed by atoms with Gasteiger partial charge in [0.25, 0.3) is 0 Å². The first-order valence-corrected chi connectivity index (χ1v) is 8.03. The molecule has 1 aromatic heterocycles. The van der Waals surface area contributed by atoms with Crippen LogP contribution in [-0.2, 0) is 6.54 Å². The van der Waals surface area contributed by atoms with E-state index in [1.165, 1.54) is 30.6 Å². The smallest absolute Gasteiger partial charge is 0.0333 e. The van der Waals surface area contributed by atoms with Crippen molar-refractivity contribution in [2.45, 2.75) is 51.6 Å². The number of nitrogens with zero attached hydrogens (tertiary/aromatic N) is 1.